The third kappa shape index (κ3) is 2.25. The molecule has 0 amide bonds. The molecule has 3 heterocycles. The van der Waals surface area contributed by atoms with Gasteiger partial charge in [0, 0.05) is 30.6 Å². The average molecular weight is 347 g/mol. The summed E-state index contributed by atoms with van der Waals surface area (Å²) in [6, 6.07) is 3.74. The van der Waals surface area contributed by atoms with Gasteiger partial charge in [0.15, 0.2) is 0 Å². The maximum atomic E-state index is 12.8. The van der Waals surface area contributed by atoms with Gasteiger partial charge < -0.3 is 4.74 Å². The van der Waals surface area contributed by atoms with E-state index >= 15 is 0 Å². The zero-order chi connectivity index (χ0) is 17.6. The molecule has 0 saturated carbocycles. The molecule has 0 spiro atoms. The van der Waals surface area contributed by atoms with Crippen molar-refractivity contribution in [1.82, 2.24) is 9.13 Å². The fourth-order valence-electron chi connectivity index (χ4n) is 3.12. The van der Waals surface area contributed by atoms with E-state index in [4.69, 9.17) is 4.74 Å². The Kier molecular flexibility index (Phi) is 4.00. The van der Waals surface area contributed by atoms with Gasteiger partial charge in [-0.15, -0.1) is 11.3 Å². The first-order valence-electron chi connectivity index (χ1n) is 7.34. The van der Waals surface area contributed by atoms with Crippen molar-refractivity contribution in [3.8, 4) is 0 Å². The van der Waals surface area contributed by atoms with Crippen LogP contribution in [0.1, 0.15) is 23.3 Å². The van der Waals surface area contributed by atoms with E-state index in [0.717, 1.165) is 9.44 Å². The van der Waals surface area contributed by atoms with Crippen molar-refractivity contribution in [3.05, 3.63) is 48.8 Å². The van der Waals surface area contributed by atoms with E-state index in [1.807, 2.05) is 17.5 Å². The first-order valence-corrected chi connectivity index (χ1v) is 8.22. The van der Waals surface area contributed by atoms with E-state index in [0.29, 0.717) is 17.1 Å². The minimum Gasteiger partial charge on any atom is -0.468 e. The van der Waals surface area contributed by atoms with Gasteiger partial charge in [-0.25, -0.2) is 9.79 Å². The lowest BCUT2D eigenvalue weighted by molar-refractivity contribution is -0.143. The molecule has 2 atom stereocenters. The highest BCUT2D eigenvalue weighted by molar-refractivity contribution is 7.10. The summed E-state index contributed by atoms with van der Waals surface area (Å²) in [6.07, 6.45) is 0. The van der Waals surface area contributed by atoms with E-state index in [1.165, 1.54) is 30.1 Å². The number of fused-ring (bicyclic) bond motifs is 1. The standard InChI is InChI=1S/C16H17N3O4S/c1-8-10(15(21)23-4)11(9-6-5-7-24-9)12-13(17-8)18(2)16(22)19(3)14(12)20/h5-7,10-11H,1-4H3. The summed E-state index contributed by atoms with van der Waals surface area (Å²) in [4.78, 5) is 42.6. The van der Waals surface area contributed by atoms with E-state index in [1.54, 1.807) is 14.0 Å². The summed E-state index contributed by atoms with van der Waals surface area (Å²) in [5.41, 5.74) is -0.00699. The monoisotopic (exact) mass is 347 g/mol. The number of nitrogens with zero attached hydrogens (tertiary/aromatic N) is 3. The number of carbonyl (C=O) groups excluding carboxylic acids is 1. The van der Waals surface area contributed by atoms with Gasteiger partial charge in [0.2, 0.25) is 0 Å². The van der Waals surface area contributed by atoms with Crippen LogP contribution in [0.3, 0.4) is 0 Å². The molecule has 8 heteroatoms. The molecular weight excluding hydrogens is 330 g/mol. The van der Waals surface area contributed by atoms with Gasteiger partial charge in [-0.3, -0.25) is 18.7 Å². The summed E-state index contributed by atoms with van der Waals surface area (Å²) < 4.78 is 7.32. The first kappa shape index (κ1) is 16.4. The predicted molar refractivity (Wildman–Crippen MR) is 91.4 cm³/mol. The second-order valence-electron chi connectivity index (χ2n) is 5.69. The van der Waals surface area contributed by atoms with Crippen molar-refractivity contribution in [2.45, 2.75) is 12.8 Å². The Morgan fingerprint density at radius 2 is 2.00 bits per heavy atom. The number of ether oxygens (including phenoxy) is 1. The molecule has 1 aliphatic rings. The molecule has 0 aliphatic carbocycles. The number of carbonyl (C=O) groups is 1. The molecule has 0 radical (unpaired) electrons. The molecule has 126 valence electrons. The fourth-order valence-corrected chi connectivity index (χ4v) is 3.99. The predicted octanol–water partition coefficient (Wildman–Crippen LogP) is 1.17. The smallest absolute Gasteiger partial charge is 0.332 e. The Hall–Kier alpha value is -2.48. The van der Waals surface area contributed by atoms with Crippen LogP contribution in [-0.4, -0.2) is 27.9 Å². The molecule has 0 saturated heterocycles. The largest absolute Gasteiger partial charge is 0.468 e. The molecule has 1 aliphatic heterocycles. The Balaban J connectivity index is 2.41. The number of thiophene rings is 1. The summed E-state index contributed by atoms with van der Waals surface area (Å²) in [5, 5.41) is 1.89. The molecule has 0 N–H and O–H groups in total. The molecule has 2 aromatic heterocycles. The van der Waals surface area contributed by atoms with Crippen molar-refractivity contribution < 1.29 is 9.53 Å². The highest BCUT2D eigenvalue weighted by Crippen LogP contribution is 2.41. The lowest BCUT2D eigenvalue weighted by atomic mass is 9.80. The fraction of sp³-hybridized carbons (Fsp3) is 0.375. The number of hydrogen-bond donors (Lipinski definition) is 0. The lowest BCUT2D eigenvalue weighted by Gasteiger charge is -2.30. The van der Waals surface area contributed by atoms with Crippen LogP contribution in [0.25, 0.3) is 0 Å². The van der Waals surface area contributed by atoms with Crippen LogP contribution in [-0.2, 0) is 23.6 Å². The summed E-state index contributed by atoms with van der Waals surface area (Å²) in [6.45, 7) is 1.72. The van der Waals surface area contributed by atoms with Gasteiger partial charge in [0.1, 0.15) is 11.7 Å². The maximum Gasteiger partial charge on any atom is 0.332 e. The summed E-state index contributed by atoms with van der Waals surface area (Å²) in [7, 11) is 4.31. The average Bonchev–Trinajstić information content (AvgIpc) is 3.10. The van der Waals surface area contributed by atoms with Crippen LogP contribution in [0, 0.1) is 5.92 Å². The Bertz CT molecular complexity index is 953. The highest BCUT2D eigenvalue weighted by atomic mass is 32.1. The number of rotatable bonds is 2. The molecule has 0 aromatic carbocycles. The van der Waals surface area contributed by atoms with Gasteiger partial charge in [0.25, 0.3) is 5.56 Å². The lowest BCUT2D eigenvalue weighted by Crippen LogP contribution is -2.44. The molecule has 7 nitrogen and oxygen atoms in total. The quantitative estimate of drug-likeness (QED) is 0.764. The van der Waals surface area contributed by atoms with Gasteiger partial charge in [0.05, 0.1) is 12.7 Å². The number of esters is 1. The van der Waals surface area contributed by atoms with E-state index in [9.17, 15) is 14.4 Å². The van der Waals surface area contributed by atoms with Gasteiger partial charge in [-0.1, -0.05) is 6.07 Å². The second-order valence-corrected chi connectivity index (χ2v) is 6.67. The summed E-state index contributed by atoms with van der Waals surface area (Å²) >= 11 is 1.45. The number of aromatic nitrogens is 2. The maximum absolute atomic E-state index is 12.8. The van der Waals surface area contributed by atoms with Crippen LogP contribution >= 0.6 is 11.3 Å². The zero-order valence-electron chi connectivity index (χ0n) is 13.8. The minimum atomic E-state index is -0.689. The van der Waals surface area contributed by atoms with Crippen molar-refractivity contribution in [1.29, 1.82) is 0 Å². The third-order valence-electron chi connectivity index (χ3n) is 4.35. The zero-order valence-corrected chi connectivity index (χ0v) is 14.6. The third-order valence-corrected chi connectivity index (χ3v) is 5.30. The summed E-state index contributed by atoms with van der Waals surface area (Å²) in [5.74, 6) is -1.35. The van der Waals surface area contributed by atoms with Crippen LogP contribution in [0.15, 0.2) is 32.1 Å². The molecular formula is C16H17N3O4S. The van der Waals surface area contributed by atoms with E-state index in [2.05, 4.69) is 4.99 Å². The Labute approximate surface area is 141 Å². The highest BCUT2D eigenvalue weighted by Gasteiger charge is 2.42. The molecule has 2 aromatic rings. The van der Waals surface area contributed by atoms with Gasteiger partial charge in [-0.2, -0.15) is 0 Å². The van der Waals surface area contributed by atoms with Crippen molar-refractivity contribution in [3.63, 3.8) is 0 Å². The topological polar surface area (TPSA) is 82.7 Å². The van der Waals surface area contributed by atoms with Gasteiger partial charge in [-0.05, 0) is 18.4 Å². The van der Waals surface area contributed by atoms with E-state index in [-0.39, 0.29) is 0 Å². The molecule has 0 bridgehead atoms. The molecule has 3 rings (SSSR count). The molecule has 24 heavy (non-hydrogen) atoms. The first-order chi connectivity index (χ1) is 11.4. The minimum absolute atomic E-state index is 0.305. The van der Waals surface area contributed by atoms with Crippen molar-refractivity contribution in [2.75, 3.05) is 7.11 Å². The van der Waals surface area contributed by atoms with Crippen LogP contribution < -0.4 is 11.2 Å². The molecule has 0 fully saturated rings. The van der Waals surface area contributed by atoms with Crippen LogP contribution in [0.2, 0.25) is 0 Å². The Morgan fingerprint density at radius 1 is 1.29 bits per heavy atom. The number of aliphatic imine (C=N–C) groups is 1. The van der Waals surface area contributed by atoms with Gasteiger partial charge >= 0.3 is 11.7 Å². The van der Waals surface area contributed by atoms with Crippen molar-refractivity contribution >= 4 is 28.8 Å². The normalized spacial score (nSPS) is 19.6. The van der Waals surface area contributed by atoms with Crippen LogP contribution in [0.4, 0.5) is 5.82 Å². The molecule has 2 unspecified atom stereocenters. The number of methoxy groups -OCH3 is 1. The SMILES string of the molecule is COC(=O)C1C(C)=Nc2c(c(=O)n(C)c(=O)n2C)C1c1cccs1. The van der Waals surface area contributed by atoms with Crippen LogP contribution in [0.5, 0.6) is 0 Å². The second kappa shape index (κ2) is 5.86. The number of hydrogen-bond acceptors (Lipinski definition) is 6. The Morgan fingerprint density at radius 3 is 2.58 bits per heavy atom. The van der Waals surface area contributed by atoms with Crippen molar-refractivity contribution in [2.24, 2.45) is 25.0 Å². The van der Waals surface area contributed by atoms with E-state index < -0.39 is 29.1 Å².